The molecule has 0 aliphatic heterocycles. The molecular weight excluding hydrogens is 489 g/mol. The molecule has 0 fully saturated rings. The average Bonchev–Trinajstić information content (AvgIpc) is 3.45. The minimum absolute atomic E-state index is 0.0182. The summed E-state index contributed by atoms with van der Waals surface area (Å²) >= 11 is 12.0. The standard InChI is InChI=1S/C19H13Cl2N9O4/c1-9(11-4-7-13(20)14(21)8-11)23-25-19(31)15-16(10-2-5-12(6-3-10)30(32)33)29(28-24-15)18-17(22)26-34-27-18/h2-8H,1H3,(H2,22,26)(H,25,31). The number of nitrogens with one attached hydrogen (secondary N) is 1. The molecule has 2 heterocycles. The second-order valence-electron chi connectivity index (χ2n) is 6.74. The first-order valence-electron chi connectivity index (χ1n) is 9.35. The third-order valence-corrected chi connectivity index (χ3v) is 5.33. The van der Waals surface area contributed by atoms with Gasteiger partial charge in [0.05, 0.1) is 20.7 Å². The largest absolute Gasteiger partial charge is 0.378 e. The highest BCUT2D eigenvalue weighted by molar-refractivity contribution is 6.42. The Hall–Kier alpha value is -4.36. The summed E-state index contributed by atoms with van der Waals surface area (Å²) in [5.74, 6) is -0.835. The molecule has 2 aromatic carbocycles. The molecule has 0 bridgehead atoms. The average molecular weight is 502 g/mol. The number of carbonyl (C=O) groups excluding carboxylic acids is 1. The van der Waals surface area contributed by atoms with Gasteiger partial charge in [-0.1, -0.05) is 34.5 Å². The van der Waals surface area contributed by atoms with Crippen LogP contribution in [0.4, 0.5) is 11.5 Å². The Bertz CT molecular complexity index is 1430. The van der Waals surface area contributed by atoms with Crippen molar-refractivity contribution < 1.29 is 14.3 Å². The van der Waals surface area contributed by atoms with Crippen LogP contribution in [0.5, 0.6) is 0 Å². The number of nitro benzene ring substituents is 1. The number of hydrogen-bond donors (Lipinski definition) is 2. The fourth-order valence-corrected chi connectivity index (χ4v) is 3.19. The predicted molar refractivity (Wildman–Crippen MR) is 122 cm³/mol. The molecule has 4 rings (SSSR count). The second kappa shape index (κ2) is 9.25. The van der Waals surface area contributed by atoms with Crippen LogP contribution in [0.15, 0.2) is 52.2 Å². The van der Waals surface area contributed by atoms with Crippen LogP contribution in [-0.4, -0.2) is 41.8 Å². The lowest BCUT2D eigenvalue weighted by Gasteiger charge is -2.06. The lowest BCUT2D eigenvalue weighted by molar-refractivity contribution is -0.384. The second-order valence-corrected chi connectivity index (χ2v) is 7.56. The number of nitrogens with zero attached hydrogens (tertiary/aromatic N) is 7. The van der Waals surface area contributed by atoms with Crippen molar-refractivity contribution in [1.82, 2.24) is 30.7 Å². The Morgan fingerprint density at radius 2 is 1.91 bits per heavy atom. The summed E-state index contributed by atoms with van der Waals surface area (Å²) in [7, 11) is 0. The first-order chi connectivity index (χ1) is 16.3. The van der Waals surface area contributed by atoms with Crippen LogP contribution in [-0.2, 0) is 0 Å². The molecule has 0 unspecified atom stereocenters. The van der Waals surface area contributed by atoms with Gasteiger partial charge in [0.1, 0.15) is 5.69 Å². The Kier molecular flexibility index (Phi) is 6.21. The highest BCUT2D eigenvalue weighted by atomic mass is 35.5. The van der Waals surface area contributed by atoms with Crippen LogP contribution in [0.2, 0.25) is 10.0 Å². The number of halogens is 2. The quantitative estimate of drug-likeness (QED) is 0.227. The van der Waals surface area contributed by atoms with Crippen LogP contribution >= 0.6 is 23.2 Å². The number of hydrogen-bond acceptors (Lipinski definition) is 10. The van der Waals surface area contributed by atoms with E-state index in [1.54, 1.807) is 25.1 Å². The first kappa shape index (κ1) is 22.8. The minimum atomic E-state index is -0.714. The van der Waals surface area contributed by atoms with E-state index in [0.29, 0.717) is 26.9 Å². The van der Waals surface area contributed by atoms with Crippen molar-refractivity contribution in [2.75, 3.05) is 5.73 Å². The molecule has 0 aliphatic rings. The van der Waals surface area contributed by atoms with Crippen LogP contribution in [0, 0.1) is 10.1 Å². The molecule has 4 aromatic rings. The van der Waals surface area contributed by atoms with E-state index in [1.807, 2.05) is 0 Å². The number of rotatable bonds is 6. The third kappa shape index (κ3) is 4.42. The predicted octanol–water partition coefficient (Wildman–Crippen LogP) is 3.27. The van der Waals surface area contributed by atoms with Crippen molar-refractivity contribution in [2.24, 2.45) is 5.10 Å². The van der Waals surface area contributed by atoms with Gasteiger partial charge in [0, 0.05) is 17.7 Å². The number of nitrogens with two attached hydrogens (primary N) is 1. The van der Waals surface area contributed by atoms with Gasteiger partial charge in [-0.05, 0) is 47.1 Å². The van der Waals surface area contributed by atoms with E-state index in [-0.39, 0.29) is 28.7 Å². The Morgan fingerprint density at radius 3 is 2.53 bits per heavy atom. The van der Waals surface area contributed by atoms with Crippen molar-refractivity contribution in [3.8, 4) is 17.1 Å². The zero-order chi connectivity index (χ0) is 24.4. The maximum absolute atomic E-state index is 13.0. The molecule has 34 heavy (non-hydrogen) atoms. The lowest BCUT2D eigenvalue weighted by Crippen LogP contribution is -2.21. The van der Waals surface area contributed by atoms with Gasteiger partial charge in [0.25, 0.3) is 11.6 Å². The molecule has 0 radical (unpaired) electrons. The van der Waals surface area contributed by atoms with Crippen molar-refractivity contribution in [3.05, 3.63) is 73.9 Å². The van der Waals surface area contributed by atoms with Gasteiger partial charge in [-0.15, -0.1) is 5.10 Å². The van der Waals surface area contributed by atoms with E-state index >= 15 is 0 Å². The number of nitro groups is 1. The summed E-state index contributed by atoms with van der Waals surface area (Å²) in [6.45, 7) is 1.66. The molecule has 0 saturated heterocycles. The van der Waals surface area contributed by atoms with E-state index < -0.39 is 10.8 Å². The maximum atomic E-state index is 13.0. The van der Waals surface area contributed by atoms with Crippen molar-refractivity contribution in [1.29, 1.82) is 0 Å². The van der Waals surface area contributed by atoms with Gasteiger partial charge >= 0.3 is 0 Å². The molecular formula is C19H13Cl2N9O4. The molecule has 0 aliphatic carbocycles. The molecule has 172 valence electrons. The number of aromatic nitrogens is 5. The number of benzene rings is 2. The zero-order valence-electron chi connectivity index (χ0n) is 17.1. The summed E-state index contributed by atoms with van der Waals surface area (Å²) in [6, 6.07) is 10.3. The Balaban J connectivity index is 1.71. The van der Waals surface area contributed by atoms with Crippen LogP contribution < -0.4 is 11.2 Å². The van der Waals surface area contributed by atoms with Crippen molar-refractivity contribution in [2.45, 2.75) is 6.92 Å². The van der Waals surface area contributed by atoms with Gasteiger partial charge in [-0.2, -0.15) is 9.78 Å². The summed E-state index contributed by atoms with van der Waals surface area (Å²) in [5.41, 5.74) is 9.46. The smallest absolute Gasteiger partial charge is 0.294 e. The van der Waals surface area contributed by atoms with Crippen molar-refractivity contribution in [3.63, 3.8) is 0 Å². The highest BCUT2D eigenvalue weighted by Crippen LogP contribution is 2.28. The van der Waals surface area contributed by atoms with Crippen molar-refractivity contribution >= 4 is 46.3 Å². The van der Waals surface area contributed by atoms with Crippen LogP contribution in [0.1, 0.15) is 23.0 Å². The van der Waals surface area contributed by atoms with Gasteiger partial charge in [-0.25, -0.2) is 10.1 Å². The molecule has 0 spiro atoms. The van der Waals surface area contributed by atoms with Gasteiger partial charge < -0.3 is 5.73 Å². The highest BCUT2D eigenvalue weighted by Gasteiger charge is 2.25. The molecule has 0 saturated carbocycles. The normalized spacial score (nSPS) is 11.4. The van der Waals surface area contributed by atoms with E-state index in [4.69, 9.17) is 28.9 Å². The number of non-ortho nitro benzene ring substituents is 1. The lowest BCUT2D eigenvalue weighted by atomic mass is 10.1. The Labute approximate surface area is 200 Å². The molecule has 1 amide bonds. The fourth-order valence-electron chi connectivity index (χ4n) is 2.89. The summed E-state index contributed by atoms with van der Waals surface area (Å²) in [4.78, 5) is 23.4. The van der Waals surface area contributed by atoms with E-state index in [0.717, 1.165) is 4.68 Å². The number of hydrazone groups is 1. The number of amides is 1. The monoisotopic (exact) mass is 501 g/mol. The fraction of sp³-hybridized carbons (Fsp3) is 0.0526. The molecule has 15 heteroatoms. The molecule has 13 nitrogen and oxygen atoms in total. The molecule has 2 aromatic heterocycles. The van der Waals surface area contributed by atoms with Gasteiger partial charge in [-0.3, -0.25) is 14.9 Å². The summed E-state index contributed by atoms with van der Waals surface area (Å²) in [5, 5.41) is 30.8. The number of nitrogen functional groups attached to an aromatic ring is 1. The summed E-state index contributed by atoms with van der Waals surface area (Å²) < 4.78 is 5.75. The van der Waals surface area contributed by atoms with E-state index in [2.05, 4.69) is 35.8 Å². The first-order valence-corrected chi connectivity index (χ1v) is 10.1. The van der Waals surface area contributed by atoms with Crippen LogP contribution in [0.3, 0.4) is 0 Å². The van der Waals surface area contributed by atoms with Gasteiger partial charge in [0.2, 0.25) is 11.6 Å². The van der Waals surface area contributed by atoms with E-state index in [9.17, 15) is 14.9 Å². The van der Waals surface area contributed by atoms with Crippen LogP contribution in [0.25, 0.3) is 17.1 Å². The molecule has 0 atom stereocenters. The number of anilines is 1. The minimum Gasteiger partial charge on any atom is -0.378 e. The SMILES string of the molecule is CC(=NNC(=O)c1nnn(-c2nonc2N)c1-c1ccc([N+](=O)[O-])cc1)c1ccc(Cl)c(Cl)c1. The third-order valence-electron chi connectivity index (χ3n) is 4.60. The molecule has 3 N–H and O–H groups in total. The summed E-state index contributed by atoms with van der Waals surface area (Å²) in [6.07, 6.45) is 0. The van der Waals surface area contributed by atoms with Gasteiger partial charge in [0.15, 0.2) is 5.69 Å². The topological polar surface area (TPSA) is 180 Å². The maximum Gasteiger partial charge on any atom is 0.294 e. The van der Waals surface area contributed by atoms with E-state index in [1.165, 1.54) is 24.3 Å². The Morgan fingerprint density at radius 1 is 1.18 bits per heavy atom. The zero-order valence-corrected chi connectivity index (χ0v) is 18.7. The number of carbonyl (C=O) groups is 1.